The molecule has 0 N–H and O–H groups in total. The van der Waals surface area contributed by atoms with Crippen molar-refractivity contribution >= 4 is 11.6 Å². The van der Waals surface area contributed by atoms with Crippen molar-refractivity contribution in [1.82, 2.24) is 0 Å². The molecular formula is C37H52O2. The van der Waals surface area contributed by atoms with Crippen LogP contribution in [0.3, 0.4) is 0 Å². The van der Waals surface area contributed by atoms with Gasteiger partial charge in [0.1, 0.15) is 0 Å². The van der Waals surface area contributed by atoms with Crippen LogP contribution in [0.4, 0.5) is 0 Å². The van der Waals surface area contributed by atoms with E-state index in [2.05, 4.69) is 19.1 Å². The van der Waals surface area contributed by atoms with Crippen molar-refractivity contribution in [2.45, 2.75) is 75.7 Å². The van der Waals surface area contributed by atoms with Crippen LogP contribution in [0, 0.1) is 6.92 Å². The van der Waals surface area contributed by atoms with Crippen LogP contribution in [-0.4, -0.2) is 11.6 Å². The molecule has 0 radical (unpaired) electrons. The third-order valence-electron chi connectivity index (χ3n) is 4.42. The highest BCUT2D eigenvalue weighted by molar-refractivity contribution is 5.97. The van der Waals surface area contributed by atoms with E-state index in [4.69, 9.17) is 0 Å². The maximum atomic E-state index is 11.8. The highest BCUT2D eigenvalue weighted by atomic mass is 16.1. The van der Waals surface area contributed by atoms with Crippen LogP contribution in [-0.2, 0) is 6.42 Å². The van der Waals surface area contributed by atoms with Gasteiger partial charge in [0.2, 0.25) is 0 Å². The molecule has 0 spiro atoms. The minimum absolute atomic E-state index is 0.121. The number of hydrogen-bond acceptors (Lipinski definition) is 2. The molecule has 0 aromatic heterocycles. The summed E-state index contributed by atoms with van der Waals surface area (Å²) in [5.74, 6) is 0.289. The van der Waals surface area contributed by atoms with Crippen molar-refractivity contribution in [3.05, 3.63) is 144 Å². The molecule has 0 atom stereocenters. The fraction of sp³-hybridized carbons (Fsp3) is 0.297. The summed E-state index contributed by atoms with van der Waals surface area (Å²) in [6.07, 6.45) is 0.477. The molecule has 0 aliphatic carbocycles. The number of benzene rings is 4. The first kappa shape index (κ1) is 39.7. The van der Waals surface area contributed by atoms with E-state index in [1.165, 1.54) is 5.56 Å². The predicted molar refractivity (Wildman–Crippen MR) is 174 cm³/mol. The van der Waals surface area contributed by atoms with Crippen molar-refractivity contribution in [1.29, 1.82) is 0 Å². The zero-order valence-corrected chi connectivity index (χ0v) is 26.1. The van der Waals surface area contributed by atoms with Gasteiger partial charge < -0.3 is 0 Å². The summed E-state index contributed by atoms with van der Waals surface area (Å²) in [5.41, 5.74) is 3.94. The SMILES string of the molecule is CC.CC.CC.CC.CC(=O)c1ccccc1.Cc1ccccc1.O=C(Cc1ccccc1)c1ccccc1. The zero-order valence-electron chi connectivity index (χ0n) is 26.1. The smallest absolute Gasteiger partial charge is 0.167 e. The molecule has 0 fully saturated rings. The number of Topliss-reactive ketones (excluding diaryl/α,β-unsaturated/α-hetero) is 2. The van der Waals surface area contributed by atoms with E-state index >= 15 is 0 Å². The Morgan fingerprint density at radius 3 is 1.05 bits per heavy atom. The Balaban J connectivity index is -0.000000466. The van der Waals surface area contributed by atoms with Gasteiger partial charge in [0.25, 0.3) is 0 Å². The fourth-order valence-corrected chi connectivity index (χ4v) is 2.71. The van der Waals surface area contributed by atoms with Gasteiger partial charge in [-0.15, -0.1) is 0 Å². The standard InChI is InChI=1S/C14H12O.C8H8O.C7H8.4C2H6/c15-14(13-9-5-2-6-10-13)11-12-7-3-1-4-8-12;1-7(9)8-5-3-2-4-6-8;1-7-5-3-2-4-6-7;4*1-2/h1-10H,11H2;2-6H,1H3;2-6H,1H3;4*1-2H3. The highest BCUT2D eigenvalue weighted by Gasteiger charge is 2.05. The van der Waals surface area contributed by atoms with E-state index < -0.39 is 0 Å². The maximum Gasteiger partial charge on any atom is 0.167 e. The summed E-state index contributed by atoms with van der Waals surface area (Å²) < 4.78 is 0. The van der Waals surface area contributed by atoms with Crippen LogP contribution in [0.15, 0.2) is 121 Å². The maximum absolute atomic E-state index is 11.8. The van der Waals surface area contributed by atoms with Gasteiger partial charge >= 0.3 is 0 Å². The summed E-state index contributed by atoms with van der Waals surface area (Å²) in [7, 11) is 0. The normalized spacial score (nSPS) is 8.05. The summed E-state index contributed by atoms with van der Waals surface area (Å²) >= 11 is 0. The zero-order chi connectivity index (χ0) is 30.3. The van der Waals surface area contributed by atoms with Gasteiger partial charge in [-0.1, -0.05) is 182 Å². The second kappa shape index (κ2) is 30.4. The molecule has 212 valence electrons. The average Bonchev–Trinajstić information content (AvgIpc) is 3.03. The van der Waals surface area contributed by atoms with E-state index in [0.29, 0.717) is 6.42 Å². The molecule has 0 saturated heterocycles. The second-order valence-corrected chi connectivity index (χ2v) is 7.03. The lowest BCUT2D eigenvalue weighted by Gasteiger charge is -2.00. The number of carbonyl (C=O) groups excluding carboxylic acids is 2. The molecule has 0 unspecified atom stereocenters. The molecule has 0 aliphatic rings. The van der Waals surface area contributed by atoms with Crippen molar-refractivity contribution in [3.8, 4) is 0 Å². The van der Waals surface area contributed by atoms with Gasteiger partial charge in [0.05, 0.1) is 0 Å². The average molecular weight is 529 g/mol. The summed E-state index contributed by atoms with van der Waals surface area (Å²) in [4.78, 5) is 22.5. The second-order valence-electron chi connectivity index (χ2n) is 7.03. The van der Waals surface area contributed by atoms with Gasteiger partial charge in [-0.3, -0.25) is 9.59 Å². The predicted octanol–water partition coefficient (Wildman–Crippen LogP) is 11.1. The highest BCUT2D eigenvalue weighted by Crippen LogP contribution is 2.06. The topological polar surface area (TPSA) is 34.1 Å². The lowest BCUT2D eigenvalue weighted by atomic mass is 10.0. The van der Waals surface area contributed by atoms with Crippen LogP contribution < -0.4 is 0 Å². The van der Waals surface area contributed by atoms with E-state index in [-0.39, 0.29) is 11.6 Å². The third kappa shape index (κ3) is 22.0. The molecular weight excluding hydrogens is 476 g/mol. The van der Waals surface area contributed by atoms with E-state index in [1.54, 1.807) is 6.92 Å². The van der Waals surface area contributed by atoms with Gasteiger partial charge in [-0.2, -0.15) is 0 Å². The van der Waals surface area contributed by atoms with E-state index in [1.807, 2.05) is 165 Å². The number of ketones is 2. The van der Waals surface area contributed by atoms with Crippen molar-refractivity contribution in [2.24, 2.45) is 0 Å². The molecule has 2 heteroatoms. The molecule has 4 aromatic rings. The Morgan fingerprint density at radius 2 is 0.769 bits per heavy atom. The number of aryl methyl sites for hydroxylation is 1. The summed E-state index contributed by atoms with van der Waals surface area (Å²) in [6, 6.07) is 38.7. The Labute approximate surface area is 240 Å². The Hall–Kier alpha value is -3.78. The Kier molecular flexibility index (Phi) is 31.0. The van der Waals surface area contributed by atoms with Crippen LogP contribution in [0.5, 0.6) is 0 Å². The molecule has 0 bridgehead atoms. The van der Waals surface area contributed by atoms with Crippen LogP contribution in [0.1, 0.15) is 94.2 Å². The quantitative estimate of drug-likeness (QED) is 0.247. The van der Waals surface area contributed by atoms with Crippen LogP contribution >= 0.6 is 0 Å². The molecule has 0 heterocycles. The minimum Gasteiger partial charge on any atom is -0.295 e. The first-order valence-electron chi connectivity index (χ1n) is 14.3. The Bertz CT molecular complexity index is 1030. The Morgan fingerprint density at radius 1 is 0.462 bits per heavy atom. The van der Waals surface area contributed by atoms with Crippen molar-refractivity contribution in [3.63, 3.8) is 0 Å². The van der Waals surface area contributed by atoms with Gasteiger partial charge in [0, 0.05) is 17.5 Å². The molecule has 4 aromatic carbocycles. The molecule has 0 saturated carbocycles. The molecule has 2 nitrogen and oxygen atoms in total. The first-order valence-corrected chi connectivity index (χ1v) is 14.3. The van der Waals surface area contributed by atoms with Crippen molar-refractivity contribution < 1.29 is 9.59 Å². The van der Waals surface area contributed by atoms with Crippen molar-refractivity contribution in [2.75, 3.05) is 0 Å². The summed E-state index contributed by atoms with van der Waals surface area (Å²) in [6.45, 7) is 19.6. The molecule has 4 rings (SSSR count). The van der Waals surface area contributed by atoms with E-state index in [9.17, 15) is 9.59 Å². The van der Waals surface area contributed by atoms with Gasteiger partial charge in [-0.05, 0) is 19.4 Å². The molecule has 0 amide bonds. The van der Waals surface area contributed by atoms with Gasteiger partial charge in [0.15, 0.2) is 11.6 Å². The lowest BCUT2D eigenvalue weighted by molar-refractivity contribution is 0.0990. The van der Waals surface area contributed by atoms with Crippen LogP contribution in [0.2, 0.25) is 0 Å². The minimum atomic E-state index is 0.121. The molecule has 0 aliphatic heterocycles. The first-order chi connectivity index (χ1) is 19.1. The fourth-order valence-electron chi connectivity index (χ4n) is 2.71. The number of rotatable bonds is 4. The molecule has 39 heavy (non-hydrogen) atoms. The third-order valence-corrected chi connectivity index (χ3v) is 4.42. The van der Waals surface area contributed by atoms with E-state index in [0.717, 1.165) is 16.7 Å². The van der Waals surface area contributed by atoms with Crippen LogP contribution in [0.25, 0.3) is 0 Å². The number of hydrogen-bond donors (Lipinski definition) is 0. The lowest BCUT2D eigenvalue weighted by Crippen LogP contribution is -2.02. The van der Waals surface area contributed by atoms with Gasteiger partial charge in [-0.25, -0.2) is 0 Å². The largest absolute Gasteiger partial charge is 0.295 e. The summed E-state index contributed by atoms with van der Waals surface area (Å²) in [5, 5.41) is 0. The number of carbonyl (C=O) groups is 2. The monoisotopic (exact) mass is 528 g/mol.